The van der Waals surface area contributed by atoms with Gasteiger partial charge in [-0.1, -0.05) is 6.92 Å². The van der Waals surface area contributed by atoms with Gasteiger partial charge in [-0.15, -0.1) is 0 Å². The second kappa shape index (κ2) is 8.74. The Morgan fingerprint density at radius 1 is 1.10 bits per heavy atom. The number of rotatable bonds is 6. The SMILES string of the molecule is CC1CCN(CCNC(=O)CC2CCC(CN)CC2)CC1. The van der Waals surface area contributed by atoms with Crippen LogP contribution in [0.5, 0.6) is 0 Å². The van der Waals surface area contributed by atoms with Gasteiger partial charge in [0.05, 0.1) is 0 Å². The van der Waals surface area contributed by atoms with Crippen molar-refractivity contribution in [1.29, 1.82) is 0 Å². The van der Waals surface area contributed by atoms with Gasteiger partial charge in [-0.05, 0) is 75.9 Å². The largest absolute Gasteiger partial charge is 0.355 e. The molecule has 3 N–H and O–H groups in total. The van der Waals surface area contributed by atoms with Crippen LogP contribution in [0.2, 0.25) is 0 Å². The van der Waals surface area contributed by atoms with Gasteiger partial charge < -0.3 is 16.0 Å². The van der Waals surface area contributed by atoms with Crippen LogP contribution in [0, 0.1) is 17.8 Å². The molecule has 1 aliphatic carbocycles. The van der Waals surface area contributed by atoms with Crippen LogP contribution < -0.4 is 11.1 Å². The van der Waals surface area contributed by atoms with E-state index in [9.17, 15) is 4.79 Å². The van der Waals surface area contributed by atoms with Crippen molar-refractivity contribution >= 4 is 5.91 Å². The van der Waals surface area contributed by atoms with Crippen molar-refractivity contribution in [1.82, 2.24) is 10.2 Å². The van der Waals surface area contributed by atoms with Gasteiger partial charge in [0.15, 0.2) is 0 Å². The Morgan fingerprint density at radius 2 is 1.71 bits per heavy atom. The summed E-state index contributed by atoms with van der Waals surface area (Å²) in [5.41, 5.74) is 5.71. The highest BCUT2D eigenvalue weighted by Gasteiger charge is 2.22. The molecule has 0 spiro atoms. The summed E-state index contributed by atoms with van der Waals surface area (Å²) in [7, 11) is 0. The zero-order valence-electron chi connectivity index (χ0n) is 13.7. The summed E-state index contributed by atoms with van der Waals surface area (Å²) < 4.78 is 0. The molecule has 4 heteroatoms. The third-order valence-electron chi connectivity index (χ3n) is 5.40. The summed E-state index contributed by atoms with van der Waals surface area (Å²) in [6, 6.07) is 0. The van der Waals surface area contributed by atoms with E-state index in [2.05, 4.69) is 17.1 Å². The fraction of sp³-hybridized carbons (Fsp3) is 0.941. The second-order valence-corrected chi connectivity index (χ2v) is 7.20. The Balaban J connectivity index is 1.54. The Morgan fingerprint density at radius 3 is 2.33 bits per heavy atom. The number of carbonyl (C=O) groups excluding carboxylic acids is 1. The van der Waals surface area contributed by atoms with Gasteiger partial charge in [0.2, 0.25) is 5.91 Å². The molecule has 21 heavy (non-hydrogen) atoms. The topological polar surface area (TPSA) is 58.4 Å². The fourth-order valence-electron chi connectivity index (χ4n) is 3.64. The Labute approximate surface area is 129 Å². The summed E-state index contributed by atoms with van der Waals surface area (Å²) in [5.74, 6) is 2.41. The van der Waals surface area contributed by atoms with Crippen molar-refractivity contribution in [3.63, 3.8) is 0 Å². The van der Waals surface area contributed by atoms with E-state index in [-0.39, 0.29) is 5.91 Å². The standard InChI is InChI=1S/C17H33N3O/c1-14-6-9-20(10-7-14)11-8-19-17(21)12-15-2-4-16(13-18)5-3-15/h14-16H,2-13,18H2,1H3,(H,19,21). The first-order valence-electron chi connectivity index (χ1n) is 8.86. The van der Waals surface area contributed by atoms with E-state index < -0.39 is 0 Å². The lowest BCUT2D eigenvalue weighted by Crippen LogP contribution is -2.39. The lowest BCUT2D eigenvalue weighted by Gasteiger charge is -2.30. The minimum atomic E-state index is 0.247. The predicted octanol–water partition coefficient (Wildman–Crippen LogP) is 1.99. The van der Waals surface area contributed by atoms with E-state index in [1.807, 2.05) is 0 Å². The number of hydrogen-bond donors (Lipinski definition) is 2. The van der Waals surface area contributed by atoms with Gasteiger partial charge in [0, 0.05) is 19.5 Å². The molecule has 1 saturated carbocycles. The fourth-order valence-corrected chi connectivity index (χ4v) is 3.64. The molecule has 0 atom stereocenters. The average Bonchev–Trinajstić information content (AvgIpc) is 2.50. The van der Waals surface area contributed by atoms with E-state index in [0.29, 0.717) is 18.3 Å². The molecule has 0 unspecified atom stereocenters. The van der Waals surface area contributed by atoms with Crippen molar-refractivity contribution in [3.8, 4) is 0 Å². The van der Waals surface area contributed by atoms with Crippen LogP contribution in [0.4, 0.5) is 0 Å². The van der Waals surface area contributed by atoms with Gasteiger partial charge in [0.1, 0.15) is 0 Å². The molecule has 0 aromatic carbocycles. The number of nitrogens with one attached hydrogen (secondary N) is 1. The van der Waals surface area contributed by atoms with Crippen molar-refractivity contribution in [2.45, 2.75) is 51.9 Å². The highest BCUT2D eigenvalue weighted by Crippen LogP contribution is 2.30. The maximum atomic E-state index is 12.0. The molecular weight excluding hydrogens is 262 g/mol. The normalized spacial score (nSPS) is 28.5. The molecule has 122 valence electrons. The first-order chi connectivity index (χ1) is 10.2. The summed E-state index contributed by atoms with van der Waals surface area (Å²) in [4.78, 5) is 14.5. The summed E-state index contributed by atoms with van der Waals surface area (Å²) >= 11 is 0. The molecule has 0 bridgehead atoms. The van der Waals surface area contributed by atoms with E-state index in [0.717, 1.165) is 25.6 Å². The third kappa shape index (κ3) is 5.95. The van der Waals surface area contributed by atoms with Crippen LogP contribution in [0.15, 0.2) is 0 Å². The van der Waals surface area contributed by atoms with E-state index in [4.69, 9.17) is 5.73 Å². The number of nitrogens with zero attached hydrogens (tertiary/aromatic N) is 1. The van der Waals surface area contributed by atoms with Crippen molar-refractivity contribution in [2.75, 3.05) is 32.7 Å². The Bertz CT molecular complexity index is 305. The quantitative estimate of drug-likeness (QED) is 0.788. The van der Waals surface area contributed by atoms with E-state index in [1.165, 1.54) is 51.6 Å². The molecule has 1 amide bonds. The monoisotopic (exact) mass is 295 g/mol. The number of carbonyl (C=O) groups is 1. The molecule has 2 fully saturated rings. The maximum absolute atomic E-state index is 12.0. The number of likely N-dealkylation sites (tertiary alicyclic amines) is 1. The molecule has 1 aliphatic heterocycles. The van der Waals surface area contributed by atoms with Gasteiger partial charge in [-0.2, -0.15) is 0 Å². The highest BCUT2D eigenvalue weighted by molar-refractivity contribution is 5.76. The Kier molecular flexibility index (Phi) is 6.97. The number of piperidine rings is 1. The zero-order chi connectivity index (χ0) is 15.1. The van der Waals surface area contributed by atoms with Crippen LogP contribution >= 0.6 is 0 Å². The summed E-state index contributed by atoms with van der Waals surface area (Å²) in [6.07, 6.45) is 8.10. The first kappa shape index (κ1) is 16.8. The average molecular weight is 295 g/mol. The van der Waals surface area contributed by atoms with Crippen molar-refractivity contribution in [3.05, 3.63) is 0 Å². The van der Waals surface area contributed by atoms with Crippen LogP contribution in [0.1, 0.15) is 51.9 Å². The van der Waals surface area contributed by atoms with Gasteiger partial charge >= 0.3 is 0 Å². The van der Waals surface area contributed by atoms with Gasteiger partial charge in [-0.3, -0.25) is 4.79 Å². The molecular formula is C17H33N3O. The minimum Gasteiger partial charge on any atom is -0.355 e. The smallest absolute Gasteiger partial charge is 0.220 e. The molecule has 1 saturated heterocycles. The molecule has 0 radical (unpaired) electrons. The Hall–Kier alpha value is -0.610. The van der Waals surface area contributed by atoms with E-state index in [1.54, 1.807) is 0 Å². The highest BCUT2D eigenvalue weighted by atomic mass is 16.1. The van der Waals surface area contributed by atoms with Gasteiger partial charge in [0.25, 0.3) is 0 Å². The minimum absolute atomic E-state index is 0.247. The number of amides is 1. The van der Waals surface area contributed by atoms with Crippen LogP contribution in [0.3, 0.4) is 0 Å². The number of hydrogen-bond acceptors (Lipinski definition) is 3. The lowest BCUT2D eigenvalue weighted by molar-refractivity contribution is -0.122. The maximum Gasteiger partial charge on any atom is 0.220 e. The van der Waals surface area contributed by atoms with Crippen molar-refractivity contribution in [2.24, 2.45) is 23.5 Å². The second-order valence-electron chi connectivity index (χ2n) is 7.20. The molecule has 0 aromatic rings. The van der Waals surface area contributed by atoms with Crippen molar-refractivity contribution < 1.29 is 4.79 Å². The third-order valence-corrected chi connectivity index (χ3v) is 5.40. The molecule has 2 aliphatic rings. The lowest BCUT2D eigenvalue weighted by atomic mass is 9.80. The van der Waals surface area contributed by atoms with Gasteiger partial charge in [-0.25, -0.2) is 0 Å². The zero-order valence-corrected chi connectivity index (χ0v) is 13.7. The number of nitrogens with two attached hydrogens (primary N) is 1. The van der Waals surface area contributed by atoms with Crippen LogP contribution in [-0.2, 0) is 4.79 Å². The predicted molar refractivity (Wildman–Crippen MR) is 87.0 cm³/mol. The molecule has 2 rings (SSSR count). The van der Waals surface area contributed by atoms with Crippen LogP contribution in [0.25, 0.3) is 0 Å². The summed E-state index contributed by atoms with van der Waals surface area (Å²) in [6.45, 7) is 7.36. The summed E-state index contributed by atoms with van der Waals surface area (Å²) in [5, 5.41) is 3.11. The van der Waals surface area contributed by atoms with Crippen LogP contribution in [-0.4, -0.2) is 43.5 Å². The van der Waals surface area contributed by atoms with E-state index >= 15 is 0 Å². The first-order valence-corrected chi connectivity index (χ1v) is 8.86. The molecule has 1 heterocycles. The molecule has 4 nitrogen and oxygen atoms in total. The molecule has 0 aromatic heterocycles.